The van der Waals surface area contributed by atoms with Crippen LogP contribution in [0.3, 0.4) is 0 Å². The van der Waals surface area contributed by atoms with Gasteiger partial charge in [-0.3, -0.25) is 0 Å². The second-order valence-electron chi connectivity index (χ2n) is 5.50. The van der Waals surface area contributed by atoms with Gasteiger partial charge in [0.1, 0.15) is 17.0 Å². The number of hydrogen-bond acceptors (Lipinski definition) is 2. The predicted molar refractivity (Wildman–Crippen MR) is 77.0 cm³/mol. The molecule has 0 aromatic heterocycles. The number of nitriles is 1. The summed E-state index contributed by atoms with van der Waals surface area (Å²) in [5.41, 5.74) is 1.06. The van der Waals surface area contributed by atoms with Gasteiger partial charge in [-0.25, -0.2) is 17.7 Å². The third kappa shape index (κ3) is 4.32. The molecule has 3 nitrogen and oxygen atoms in total. The molecule has 1 aromatic rings. The van der Waals surface area contributed by atoms with Gasteiger partial charge in [0.05, 0.1) is 11.0 Å². The van der Waals surface area contributed by atoms with Gasteiger partial charge in [0.15, 0.2) is 0 Å². The number of halogens is 2. The van der Waals surface area contributed by atoms with Crippen molar-refractivity contribution in [3.8, 4) is 6.07 Å². The van der Waals surface area contributed by atoms with Crippen molar-refractivity contribution >= 4 is 11.0 Å². The highest BCUT2D eigenvalue weighted by Crippen LogP contribution is 2.37. The molecule has 0 radical (unpaired) electrons. The average molecular weight is 312 g/mol. The van der Waals surface area contributed by atoms with E-state index in [2.05, 4.69) is 10.8 Å². The summed E-state index contributed by atoms with van der Waals surface area (Å²) in [6.45, 7) is 1.93. The molecule has 0 saturated heterocycles. The number of rotatable bonds is 4. The van der Waals surface area contributed by atoms with Gasteiger partial charge in [-0.2, -0.15) is 5.26 Å². The summed E-state index contributed by atoms with van der Waals surface area (Å²) in [5, 5.41) is 9.21. The summed E-state index contributed by atoms with van der Waals surface area (Å²) in [5.74, 6) is -2.80. The van der Waals surface area contributed by atoms with E-state index in [4.69, 9.17) is 0 Å². The lowest BCUT2D eigenvalue weighted by molar-refractivity contribution is -0.0469. The number of aryl methyl sites for hydroxylation is 1. The Morgan fingerprint density at radius 2 is 1.90 bits per heavy atom. The summed E-state index contributed by atoms with van der Waals surface area (Å²) >= 11 is 0. The van der Waals surface area contributed by atoms with E-state index in [9.17, 15) is 18.3 Å². The fraction of sp³-hybridized carbons (Fsp3) is 0.533. The Balaban J connectivity index is 1.98. The van der Waals surface area contributed by atoms with E-state index in [-0.39, 0.29) is 31.6 Å². The SMILES string of the molecule is Cc1ccc(S(=O)NC(C#N)C2CCC(F)(F)CC2)cc1. The molecule has 0 amide bonds. The topological polar surface area (TPSA) is 52.9 Å². The summed E-state index contributed by atoms with van der Waals surface area (Å²) < 4.78 is 41.3. The first kappa shape index (κ1) is 16.1. The van der Waals surface area contributed by atoms with Crippen LogP contribution < -0.4 is 4.72 Å². The Hall–Kier alpha value is -1.32. The molecule has 6 heteroatoms. The van der Waals surface area contributed by atoms with E-state index in [1.165, 1.54) is 0 Å². The molecule has 21 heavy (non-hydrogen) atoms. The molecular formula is C15H18F2N2OS. The van der Waals surface area contributed by atoms with Crippen molar-refractivity contribution in [3.05, 3.63) is 29.8 Å². The molecular weight excluding hydrogens is 294 g/mol. The van der Waals surface area contributed by atoms with Gasteiger partial charge in [-0.15, -0.1) is 0 Å². The molecule has 0 aliphatic heterocycles. The zero-order chi connectivity index (χ0) is 15.5. The van der Waals surface area contributed by atoms with Crippen LogP contribution in [0.25, 0.3) is 0 Å². The van der Waals surface area contributed by atoms with Gasteiger partial charge < -0.3 is 0 Å². The largest absolute Gasteiger partial charge is 0.248 e. The van der Waals surface area contributed by atoms with E-state index < -0.39 is 22.9 Å². The molecule has 1 aromatic carbocycles. The van der Waals surface area contributed by atoms with Crippen molar-refractivity contribution in [2.45, 2.75) is 49.5 Å². The lowest BCUT2D eigenvalue weighted by Crippen LogP contribution is -2.39. The standard InChI is InChI=1S/C15H18F2N2OS/c1-11-2-4-13(5-3-11)21(20)19-14(10-18)12-6-8-15(16,17)9-7-12/h2-5,12,14,19H,6-9H2,1H3. The third-order valence-corrected chi connectivity index (χ3v) is 5.01. The van der Waals surface area contributed by atoms with E-state index >= 15 is 0 Å². The van der Waals surface area contributed by atoms with Crippen molar-refractivity contribution in [1.29, 1.82) is 5.26 Å². The van der Waals surface area contributed by atoms with Gasteiger partial charge in [0, 0.05) is 12.8 Å². The Bertz CT molecular complexity index is 544. The van der Waals surface area contributed by atoms with Gasteiger partial charge in [-0.05, 0) is 37.8 Å². The Morgan fingerprint density at radius 3 is 2.43 bits per heavy atom. The molecule has 2 atom stereocenters. The normalized spacial score (nSPS) is 21.4. The molecule has 1 N–H and O–H groups in total. The summed E-state index contributed by atoms with van der Waals surface area (Å²) in [6.07, 6.45) is 0.163. The molecule has 1 saturated carbocycles. The molecule has 2 unspecified atom stereocenters. The number of benzene rings is 1. The van der Waals surface area contributed by atoms with Crippen LogP contribution in [0, 0.1) is 24.2 Å². The first-order chi connectivity index (χ1) is 9.91. The Kier molecular flexibility index (Phi) is 5.07. The number of hydrogen-bond donors (Lipinski definition) is 1. The molecule has 0 heterocycles. The number of nitrogens with one attached hydrogen (secondary N) is 1. The van der Waals surface area contributed by atoms with Crippen molar-refractivity contribution in [3.63, 3.8) is 0 Å². The molecule has 1 aliphatic carbocycles. The minimum atomic E-state index is -2.62. The smallest absolute Gasteiger partial charge is 0.237 e. The van der Waals surface area contributed by atoms with Crippen molar-refractivity contribution in [2.24, 2.45) is 5.92 Å². The van der Waals surface area contributed by atoms with Crippen LogP contribution in [0.15, 0.2) is 29.2 Å². The fourth-order valence-corrected chi connectivity index (χ4v) is 3.46. The van der Waals surface area contributed by atoms with Crippen LogP contribution in [-0.4, -0.2) is 16.2 Å². The maximum absolute atomic E-state index is 13.1. The van der Waals surface area contributed by atoms with Gasteiger partial charge in [0.2, 0.25) is 5.92 Å². The first-order valence-electron chi connectivity index (χ1n) is 6.93. The predicted octanol–water partition coefficient (Wildman–Crippen LogP) is 3.32. The molecule has 0 bridgehead atoms. The Morgan fingerprint density at radius 1 is 1.33 bits per heavy atom. The van der Waals surface area contributed by atoms with Crippen molar-refractivity contribution < 1.29 is 13.0 Å². The fourth-order valence-electron chi connectivity index (χ4n) is 2.47. The van der Waals surface area contributed by atoms with Crippen LogP contribution in [-0.2, 0) is 11.0 Å². The quantitative estimate of drug-likeness (QED) is 0.927. The Labute approximate surface area is 125 Å². The molecule has 1 fully saturated rings. The molecule has 2 rings (SSSR count). The van der Waals surface area contributed by atoms with Gasteiger partial charge in [0.25, 0.3) is 0 Å². The van der Waals surface area contributed by atoms with Crippen LogP contribution >= 0.6 is 0 Å². The highest BCUT2D eigenvalue weighted by molar-refractivity contribution is 7.83. The zero-order valence-corrected chi connectivity index (χ0v) is 12.6. The minimum Gasteiger partial charge on any atom is -0.237 e. The van der Waals surface area contributed by atoms with Crippen LogP contribution in [0.5, 0.6) is 0 Å². The summed E-state index contributed by atoms with van der Waals surface area (Å²) in [6, 6.07) is 8.56. The monoisotopic (exact) mass is 312 g/mol. The number of nitrogens with zero attached hydrogens (tertiary/aromatic N) is 1. The lowest BCUT2D eigenvalue weighted by atomic mass is 9.83. The van der Waals surface area contributed by atoms with E-state index in [0.717, 1.165) is 5.56 Å². The third-order valence-electron chi connectivity index (χ3n) is 3.84. The van der Waals surface area contributed by atoms with E-state index in [1.807, 2.05) is 19.1 Å². The molecule has 114 valence electrons. The van der Waals surface area contributed by atoms with Gasteiger partial charge >= 0.3 is 0 Å². The van der Waals surface area contributed by atoms with Gasteiger partial charge in [-0.1, -0.05) is 17.7 Å². The highest BCUT2D eigenvalue weighted by atomic mass is 32.2. The van der Waals surface area contributed by atoms with Crippen molar-refractivity contribution in [2.75, 3.05) is 0 Å². The average Bonchev–Trinajstić information content (AvgIpc) is 2.45. The first-order valence-corrected chi connectivity index (χ1v) is 8.08. The maximum Gasteiger partial charge on any atom is 0.248 e. The minimum absolute atomic E-state index is 0.177. The highest BCUT2D eigenvalue weighted by Gasteiger charge is 2.38. The second-order valence-corrected chi connectivity index (χ2v) is 6.74. The van der Waals surface area contributed by atoms with Crippen molar-refractivity contribution in [1.82, 2.24) is 4.72 Å². The van der Waals surface area contributed by atoms with Crippen LogP contribution in [0.2, 0.25) is 0 Å². The summed E-state index contributed by atoms with van der Waals surface area (Å²) in [7, 11) is -1.50. The van der Waals surface area contributed by atoms with E-state index in [0.29, 0.717) is 4.90 Å². The second kappa shape index (κ2) is 6.63. The maximum atomic E-state index is 13.1. The molecule has 0 spiro atoms. The zero-order valence-electron chi connectivity index (χ0n) is 11.8. The van der Waals surface area contributed by atoms with E-state index in [1.54, 1.807) is 12.1 Å². The van der Waals surface area contributed by atoms with Crippen LogP contribution in [0.4, 0.5) is 8.78 Å². The summed E-state index contributed by atoms with van der Waals surface area (Å²) in [4.78, 5) is 0.585. The van der Waals surface area contributed by atoms with Crippen LogP contribution in [0.1, 0.15) is 31.2 Å². The number of alkyl halides is 2. The lowest BCUT2D eigenvalue weighted by Gasteiger charge is -2.30. The molecule has 1 aliphatic rings.